The van der Waals surface area contributed by atoms with Gasteiger partial charge >= 0.3 is 0 Å². The Hall–Kier alpha value is -0.870. The van der Waals surface area contributed by atoms with E-state index in [0.717, 1.165) is 30.9 Å². The Morgan fingerprint density at radius 1 is 1.50 bits per heavy atom. The summed E-state index contributed by atoms with van der Waals surface area (Å²) in [5.74, 6) is 0. The maximum Gasteiger partial charge on any atom is 0.0952 e. The highest BCUT2D eigenvalue weighted by atomic mass is 16.3. The summed E-state index contributed by atoms with van der Waals surface area (Å²) < 4.78 is 2.09. The minimum absolute atomic E-state index is 0.129. The molecule has 0 aliphatic heterocycles. The lowest BCUT2D eigenvalue weighted by atomic mass is 10.0. The number of aryl methyl sites for hydroxylation is 1. The summed E-state index contributed by atoms with van der Waals surface area (Å²) in [6.45, 7) is 10.0. The Balaban J connectivity index is 2.72. The smallest absolute Gasteiger partial charge is 0.0952 e. The molecule has 1 rings (SSSR count). The van der Waals surface area contributed by atoms with Crippen LogP contribution in [0.2, 0.25) is 0 Å². The highest BCUT2D eigenvalue weighted by Gasteiger charge is 2.23. The summed E-state index contributed by atoms with van der Waals surface area (Å²) in [6, 6.07) is 0. The van der Waals surface area contributed by atoms with Gasteiger partial charge in [0.25, 0.3) is 0 Å². The van der Waals surface area contributed by atoms with E-state index in [2.05, 4.69) is 28.7 Å². The van der Waals surface area contributed by atoms with E-state index < -0.39 is 0 Å². The minimum atomic E-state index is -0.270. The number of aliphatic hydroxyl groups excluding tert-OH is 1. The fourth-order valence-corrected chi connectivity index (χ4v) is 1.67. The van der Waals surface area contributed by atoms with Crippen LogP contribution in [0.3, 0.4) is 0 Å². The monoisotopic (exact) mass is 225 g/mol. The molecule has 0 saturated heterocycles. The van der Waals surface area contributed by atoms with E-state index in [1.165, 1.54) is 0 Å². The summed E-state index contributed by atoms with van der Waals surface area (Å²) in [6.07, 6.45) is 2.91. The van der Waals surface area contributed by atoms with E-state index in [0.29, 0.717) is 0 Å². The molecule has 0 bridgehead atoms. The van der Waals surface area contributed by atoms with Crippen molar-refractivity contribution in [2.24, 2.45) is 0 Å². The summed E-state index contributed by atoms with van der Waals surface area (Å²) >= 11 is 0. The van der Waals surface area contributed by atoms with Gasteiger partial charge in [-0.3, -0.25) is 0 Å². The van der Waals surface area contributed by atoms with Gasteiger partial charge in [0.05, 0.1) is 24.2 Å². The molecule has 4 nitrogen and oxygen atoms in total. The number of imidazole rings is 1. The molecule has 0 aromatic carbocycles. The average Bonchev–Trinajstić information content (AvgIpc) is 2.58. The fraction of sp³-hybridized carbons (Fsp3) is 0.750. The Bertz CT molecular complexity index is 335. The Morgan fingerprint density at radius 2 is 2.19 bits per heavy atom. The Labute approximate surface area is 97.7 Å². The van der Waals surface area contributed by atoms with Gasteiger partial charge in [-0.1, -0.05) is 6.92 Å². The van der Waals surface area contributed by atoms with Crippen molar-refractivity contribution in [2.45, 2.75) is 46.2 Å². The van der Waals surface area contributed by atoms with Crippen LogP contribution in [-0.2, 0) is 6.54 Å². The summed E-state index contributed by atoms with van der Waals surface area (Å²) in [5.41, 5.74) is 1.95. The first-order valence-corrected chi connectivity index (χ1v) is 5.86. The van der Waals surface area contributed by atoms with E-state index in [1.54, 1.807) is 0 Å². The largest absolute Gasteiger partial charge is 0.394 e. The van der Waals surface area contributed by atoms with Crippen molar-refractivity contribution in [1.82, 2.24) is 14.9 Å². The molecule has 1 unspecified atom stereocenters. The van der Waals surface area contributed by atoms with Crippen molar-refractivity contribution in [3.8, 4) is 0 Å². The van der Waals surface area contributed by atoms with Crippen LogP contribution in [0.15, 0.2) is 6.33 Å². The van der Waals surface area contributed by atoms with E-state index in [1.807, 2.05) is 20.2 Å². The molecule has 1 aromatic heterocycles. The van der Waals surface area contributed by atoms with Crippen LogP contribution in [0.5, 0.6) is 0 Å². The topological polar surface area (TPSA) is 50.1 Å². The summed E-state index contributed by atoms with van der Waals surface area (Å²) in [7, 11) is 0. The van der Waals surface area contributed by atoms with Crippen molar-refractivity contribution >= 4 is 0 Å². The molecule has 16 heavy (non-hydrogen) atoms. The third kappa shape index (κ3) is 3.06. The lowest BCUT2D eigenvalue weighted by Gasteiger charge is -2.29. The second kappa shape index (κ2) is 5.46. The molecule has 92 valence electrons. The lowest BCUT2D eigenvalue weighted by molar-refractivity contribution is 0.157. The van der Waals surface area contributed by atoms with Crippen LogP contribution in [0.25, 0.3) is 0 Å². The molecule has 0 saturated carbocycles. The minimum Gasteiger partial charge on any atom is -0.394 e. The fourth-order valence-electron chi connectivity index (χ4n) is 1.67. The number of aromatic nitrogens is 2. The van der Waals surface area contributed by atoms with Crippen LogP contribution in [-0.4, -0.2) is 33.3 Å². The van der Waals surface area contributed by atoms with Gasteiger partial charge in [0.1, 0.15) is 0 Å². The van der Waals surface area contributed by atoms with Gasteiger partial charge in [-0.15, -0.1) is 0 Å². The normalized spacial score (nSPS) is 15.1. The molecular weight excluding hydrogens is 202 g/mol. The first kappa shape index (κ1) is 13.2. The number of aliphatic hydroxyl groups is 1. The molecule has 0 aliphatic rings. The quantitative estimate of drug-likeness (QED) is 0.766. The van der Waals surface area contributed by atoms with Crippen LogP contribution in [0.1, 0.15) is 31.7 Å². The molecule has 0 spiro atoms. The van der Waals surface area contributed by atoms with Crippen molar-refractivity contribution in [2.75, 3.05) is 13.2 Å². The first-order valence-electron chi connectivity index (χ1n) is 5.86. The third-order valence-electron chi connectivity index (χ3n) is 3.02. The highest BCUT2D eigenvalue weighted by molar-refractivity contribution is 5.09. The number of hydrogen-bond donors (Lipinski definition) is 2. The van der Waals surface area contributed by atoms with E-state index in [9.17, 15) is 5.11 Å². The lowest BCUT2D eigenvalue weighted by Crippen LogP contribution is -2.49. The van der Waals surface area contributed by atoms with E-state index >= 15 is 0 Å². The van der Waals surface area contributed by atoms with E-state index in [4.69, 9.17) is 0 Å². The van der Waals surface area contributed by atoms with Crippen LogP contribution < -0.4 is 5.32 Å². The summed E-state index contributed by atoms with van der Waals surface area (Å²) in [4.78, 5) is 4.27. The van der Waals surface area contributed by atoms with Crippen molar-refractivity contribution < 1.29 is 5.11 Å². The second-order valence-electron chi connectivity index (χ2n) is 4.69. The van der Waals surface area contributed by atoms with Crippen LogP contribution >= 0.6 is 0 Å². The predicted molar refractivity (Wildman–Crippen MR) is 65.5 cm³/mol. The highest BCUT2D eigenvalue weighted by Crippen LogP contribution is 2.11. The van der Waals surface area contributed by atoms with Crippen LogP contribution in [0.4, 0.5) is 0 Å². The zero-order chi connectivity index (χ0) is 12.2. The van der Waals surface area contributed by atoms with E-state index in [-0.39, 0.29) is 12.1 Å². The Kier molecular flexibility index (Phi) is 4.50. The van der Waals surface area contributed by atoms with Gasteiger partial charge in [-0.05, 0) is 33.7 Å². The molecule has 1 heterocycles. The van der Waals surface area contributed by atoms with Crippen molar-refractivity contribution in [3.63, 3.8) is 0 Å². The average molecular weight is 225 g/mol. The van der Waals surface area contributed by atoms with Gasteiger partial charge < -0.3 is 15.0 Å². The number of hydrogen-bond acceptors (Lipinski definition) is 3. The second-order valence-corrected chi connectivity index (χ2v) is 4.69. The zero-order valence-corrected chi connectivity index (χ0v) is 10.7. The molecule has 2 N–H and O–H groups in total. The number of nitrogens with zero attached hydrogens (tertiary/aromatic N) is 2. The standard InChI is InChI=1S/C12H23N3O/c1-5-6-14-12(4,8-16)7-15-9-13-10(2)11(15)3/h9,14,16H,5-8H2,1-4H3. The Morgan fingerprint density at radius 3 is 2.62 bits per heavy atom. The molecule has 0 fully saturated rings. The van der Waals surface area contributed by atoms with Gasteiger partial charge in [-0.25, -0.2) is 4.98 Å². The molecule has 0 aliphatic carbocycles. The van der Waals surface area contributed by atoms with Gasteiger partial charge in [0.2, 0.25) is 0 Å². The third-order valence-corrected chi connectivity index (χ3v) is 3.02. The van der Waals surface area contributed by atoms with Gasteiger partial charge in [0, 0.05) is 12.2 Å². The molecule has 1 atom stereocenters. The van der Waals surface area contributed by atoms with Crippen LogP contribution in [0, 0.1) is 13.8 Å². The summed E-state index contributed by atoms with van der Waals surface area (Å²) in [5, 5.41) is 12.9. The van der Waals surface area contributed by atoms with Crippen molar-refractivity contribution in [1.29, 1.82) is 0 Å². The number of nitrogens with one attached hydrogen (secondary N) is 1. The molecular formula is C12H23N3O. The molecule has 1 aromatic rings. The zero-order valence-electron chi connectivity index (χ0n) is 10.7. The SMILES string of the molecule is CCCNC(C)(CO)Cn1cnc(C)c1C. The van der Waals surface area contributed by atoms with Crippen molar-refractivity contribution in [3.05, 3.63) is 17.7 Å². The molecule has 4 heteroatoms. The molecule has 0 amide bonds. The maximum absolute atomic E-state index is 9.47. The number of rotatable bonds is 6. The first-order chi connectivity index (χ1) is 7.52. The molecule has 0 radical (unpaired) electrons. The van der Waals surface area contributed by atoms with Gasteiger partial charge in [0.15, 0.2) is 0 Å². The maximum atomic E-state index is 9.47. The van der Waals surface area contributed by atoms with Gasteiger partial charge in [-0.2, -0.15) is 0 Å². The predicted octanol–water partition coefficient (Wildman–Crippen LogP) is 1.25.